The molecule has 0 atom stereocenters. The van der Waals surface area contributed by atoms with Crippen LogP contribution in [0.15, 0.2) is 50.9 Å². The SMILES string of the molecule is Brc1ccc2cc(Nc3nc(Br)cs3)ccc2c1. The number of halogens is 2. The van der Waals surface area contributed by atoms with E-state index >= 15 is 0 Å². The second-order valence-corrected chi connectivity index (χ2v) is 6.39. The number of hydrogen-bond acceptors (Lipinski definition) is 3. The molecule has 0 radical (unpaired) electrons. The number of anilines is 2. The van der Waals surface area contributed by atoms with Crippen LogP contribution in [0.2, 0.25) is 0 Å². The van der Waals surface area contributed by atoms with Gasteiger partial charge in [-0.1, -0.05) is 28.1 Å². The van der Waals surface area contributed by atoms with Crippen molar-refractivity contribution in [2.75, 3.05) is 5.32 Å². The third-order valence-electron chi connectivity index (χ3n) is 2.53. The summed E-state index contributed by atoms with van der Waals surface area (Å²) in [4.78, 5) is 4.32. The van der Waals surface area contributed by atoms with Crippen molar-refractivity contribution in [3.63, 3.8) is 0 Å². The second kappa shape index (κ2) is 4.99. The third kappa shape index (κ3) is 2.58. The van der Waals surface area contributed by atoms with E-state index in [1.807, 2.05) is 11.4 Å². The molecule has 3 rings (SSSR count). The summed E-state index contributed by atoms with van der Waals surface area (Å²) in [6.07, 6.45) is 0. The van der Waals surface area contributed by atoms with Gasteiger partial charge in [-0.25, -0.2) is 4.98 Å². The quantitative estimate of drug-likeness (QED) is 0.626. The molecular weight excluding hydrogens is 376 g/mol. The lowest BCUT2D eigenvalue weighted by Crippen LogP contribution is -1.88. The number of nitrogens with zero attached hydrogens (tertiary/aromatic N) is 1. The predicted octanol–water partition coefficient (Wildman–Crippen LogP) is 5.56. The highest BCUT2D eigenvalue weighted by molar-refractivity contribution is 9.10. The molecule has 1 N–H and O–H groups in total. The van der Waals surface area contributed by atoms with Crippen molar-refractivity contribution in [2.45, 2.75) is 0 Å². The Kier molecular flexibility index (Phi) is 3.37. The molecule has 0 unspecified atom stereocenters. The first-order valence-corrected chi connectivity index (χ1v) is 7.75. The van der Waals surface area contributed by atoms with Crippen LogP contribution in [0.1, 0.15) is 0 Å². The monoisotopic (exact) mass is 382 g/mol. The van der Waals surface area contributed by atoms with Gasteiger partial charge in [0.1, 0.15) is 4.60 Å². The minimum atomic E-state index is 0.861. The normalized spacial score (nSPS) is 10.8. The van der Waals surface area contributed by atoms with Crippen LogP contribution in [0.4, 0.5) is 10.8 Å². The van der Waals surface area contributed by atoms with Gasteiger partial charge < -0.3 is 5.32 Å². The van der Waals surface area contributed by atoms with Crippen molar-refractivity contribution in [1.29, 1.82) is 0 Å². The Morgan fingerprint density at radius 3 is 2.56 bits per heavy atom. The molecule has 0 fully saturated rings. The number of thiazole rings is 1. The fraction of sp³-hybridized carbons (Fsp3) is 0. The van der Waals surface area contributed by atoms with Gasteiger partial charge in [-0.3, -0.25) is 0 Å². The first kappa shape index (κ1) is 12.1. The lowest BCUT2D eigenvalue weighted by molar-refractivity contribution is 1.35. The summed E-state index contributed by atoms with van der Waals surface area (Å²) in [5.74, 6) is 0. The van der Waals surface area contributed by atoms with Gasteiger partial charge in [-0.05, 0) is 51.0 Å². The number of aromatic nitrogens is 1. The standard InChI is InChI=1S/C13H8Br2N2S/c14-10-3-1-9-6-11(4-2-8(9)5-10)16-13-17-12(15)7-18-13/h1-7H,(H,16,17). The summed E-state index contributed by atoms with van der Waals surface area (Å²) >= 11 is 8.40. The molecule has 0 amide bonds. The van der Waals surface area contributed by atoms with Crippen molar-refractivity contribution >= 4 is 64.8 Å². The Morgan fingerprint density at radius 1 is 1.00 bits per heavy atom. The van der Waals surface area contributed by atoms with Crippen LogP contribution in [0.25, 0.3) is 10.8 Å². The first-order chi connectivity index (χ1) is 8.70. The average molecular weight is 384 g/mol. The van der Waals surface area contributed by atoms with Gasteiger partial charge in [0.05, 0.1) is 0 Å². The van der Waals surface area contributed by atoms with Gasteiger partial charge in [0.15, 0.2) is 5.13 Å². The van der Waals surface area contributed by atoms with E-state index in [4.69, 9.17) is 0 Å². The zero-order chi connectivity index (χ0) is 12.5. The smallest absolute Gasteiger partial charge is 0.188 e. The number of nitrogens with one attached hydrogen (secondary N) is 1. The van der Waals surface area contributed by atoms with Crippen LogP contribution in [0, 0.1) is 0 Å². The van der Waals surface area contributed by atoms with Crippen LogP contribution in [0.5, 0.6) is 0 Å². The van der Waals surface area contributed by atoms with Gasteiger partial charge in [0.2, 0.25) is 0 Å². The molecule has 0 spiro atoms. The number of rotatable bonds is 2. The molecule has 2 aromatic carbocycles. The average Bonchev–Trinajstić information content (AvgIpc) is 2.75. The third-order valence-corrected chi connectivity index (χ3v) is 4.49. The molecule has 18 heavy (non-hydrogen) atoms. The van der Waals surface area contributed by atoms with Crippen molar-refractivity contribution < 1.29 is 0 Å². The van der Waals surface area contributed by atoms with Crippen molar-refractivity contribution in [1.82, 2.24) is 4.98 Å². The topological polar surface area (TPSA) is 24.9 Å². The van der Waals surface area contributed by atoms with E-state index < -0.39 is 0 Å². The molecule has 3 aromatic rings. The molecule has 1 heterocycles. The van der Waals surface area contributed by atoms with E-state index in [0.717, 1.165) is 19.9 Å². The summed E-state index contributed by atoms with van der Waals surface area (Å²) in [7, 11) is 0. The summed E-state index contributed by atoms with van der Waals surface area (Å²) in [5.41, 5.74) is 1.05. The Bertz CT molecular complexity index is 709. The maximum Gasteiger partial charge on any atom is 0.188 e. The van der Waals surface area contributed by atoms with Gasteiger partial charge in [0.25, 0.3) is 0 Å². The highest BCUT2D eigenvalue weighted by Gasteiger charge is 2.01. The molecule has 0 saturated carbocycles. The van der Waals surface area contributed by atoms with Crippen LogP contribution in [-0.4, -0.2) is 4.98 Å². The molecule has 90 valence electrons. The fourth-order valence-electron chi connectivity index (χ4n) is 1.73. The lowest BCUT2D eigenvalue weighted by Gasteiger charge is -2.05. The summed E-state index contributed by atoms with van der Waals surface area (Å²) in [6, 6.07) is 12.5. The van der Waals surface area contributed by atoms with E-state index in [9.17, 15) is 0 Å². The van der Waals surface area contributed by atoms with Gasteiger partial charge in [-0.15, -0.1) is 11.3 Å². The number of hydrogen-bond donors (Lipinski definition) is 1. The summed E-state index contributed by atoms with van der Waals surface area (Å²) < 4.78 is 1.96. The van der Waals surface area contributed by atoms with Crippen LogP contribution >= 0.6 is 43.2 Å². The van der Waals surface area contributed by atoms with Crippen molar-refractivity contribution in [3.8, 4) is 0 Å². The maximum atomic E-state index is 4.32. The Labute approximate surface area is 125 Å². The molecule has 1 aromatic heterocycles. The Hall–Kier alpha value is -0.910. The van der Waals surface area contributed by atoms with Gasteiger partial charge in [-0.2, -0.15) is 0 Å². The summed E-state index contributed by atoms with van der Waals surface area (Å²) in [5, 5.41) is 8.57. The summed E-state index contributed by atoms with van der Waals surface area (Å²) in [6.45, 7) is 0. The van der Waals surface area contributed by atoms with E-state index in [0.29, 0.717) is 0 Å². The molecule has 2 nitrogen and oxygen atoms in total. The van der Waals surface area contributed by atoms with Gasteiger partial charge in [0, 0.05) is 15.5 Å². The highest BCUT2D eigenvalue weighted by atomic mass is 79.9. The van der Waals surface area contributed by atoms with Crippen LogP contribution in [-0.2, 0) is 0 Å². The minimum absolute atomic E-state index is 0.861. The lowest BCUT2D eigenvalue weighted by atomic mass is 10.1. The zero-order valence-electron chi connectivity index (χ0n) is 9.15. The van der Waals surface area contributed by atoms with E-state index in [2.05, 4.69) is 72.5 Å². The number of benzene rings is 2. The van der Waals surface area contributed by atoms with Crippen LogP contribution < -0.4 is 5.32 Å². The van der Waals surface area contributed by atoms with Gasteiger partial charge >= 0.3 is 0 Å². The maximum absolute atomic E-state index is 4.32. The minimum Gasteiger partial charge on any atom is -0.332 e. The molecule has 0 saturated heterocycles. The molecule has 0 aliphatic heterocycles. The zero-order valence-corrected chi connectivity index (χ0v) is 13.1. The van der Waals surface area contributed by atoms with E-state index in [1.165, 1.54) is 10.8 Å². The van der Waals surface area contributed by atoms with Crippen molar-refractivity contribution in [2.24, 2.45) is 0 Å². The van der Waals surface area contributed by atoms with E-state index in [-0.39, 0.29) is 0 Å². The molecule has 5 heteroatoms. The fourth-order valence-corrected chi connectivity index (χ4v) is 3.27. The molecular formula is C13H8Br2N2S. The number of fused-ring (bicyclic) bond motifs is 1. The Morgan fingerprint density at radius 2 is 1.78 bits per heavy atom. The molecule has 0 aliphatic carbocycles. The van der Waals surface area contributed by atoms with Crippen molar-refractivity contribution in [3.05, 3.63) is 50.9 Å². The first-order valence-electron chi connectivity index (χ1n) is 5.28. The molecule has 0 bridgehead atoms. The molecule has 0 aliphatic rings. The highest BCUT2D eigenvalue weighted by Crippen LogP contribution is 2.27. The van der Waals surface area contributed by atoms with E-state index in [1.54, 1.807) is 11.3 Å². The largest absolute Gasteiger partial charge is 0.332 e. The van der Waals surface area contributed by atoms with Crippen LogP contribution in [0.3, 0.4) is 0 Å². The Balaban J connectivity index is 1.96. The predicted molar refractivity (Wildman–Crippen MR) is 84.7 cm³/mol. The second-order valence-electron chi connectivity index (χ2n) is 3.81.